The van der Waals surface area contributed by atoms with Crippen molar-refractivity contribution >= 4 is 39.2 Å². The van der Waals surface area contributed by atoms with E-state index in [9.17, 15) is 4.79 Å². The standard InChI is InChI=1S/C27H25N3O4S2/c31-25(17-35-24-7-3-4-9-28-24)30-10-12-33-26-19(15-30)13-18(14-22(26)34-20-8-11-32-16-20)27-29-21-5-1-2-6-23(21)36-27/h1-7,9,13-14,20H,8,10-12,15-17H2/t20-/m0/s1. The molecule has 2 aliphatic rings. The molecule has 0 spiro atoms. The number of hydrogen-bond acceptors (Lipinski definition) is 8. The molecule has 2 aliphatic heterocycles. The maximum atomic E-state index is 13.1. The van der Waals surface area contributed by atoms with Gasteiger partial charge in [0.15, 0.2) is 11.5 Å². The number of nitrogens with zero attached hydrogens (tertiary/aromatic N) is 3. The van der Waals surface area contributed by atoms with E-state index in [2.05, 4.69) is 17.1 Å². The highest BCUT2D eigenvalue weighted by atomic mass is 32.2. The average Bonchev–Trinajstić information content (AvgIpc) is 3.53. The van der Waals surface area contributed by atoms with Gasteiger partial charge in [-0.25, -0.2) is 9.97 Å². The lowest BCUT2D eigenvalue weighted by Crippen LogP contribution is -2.33. The van der Waals surface area contributed by atoms with E-state index in [1.54, 1.807) is 17.5 Å². The number of benzene rings is 2. The van der Waals surface area contributed by atoms with Crippen molar-refractivity contribution in [3.63, 3.8) is 0 Å². The lowest BCUT2D eigenvalue weighted by atomic mass is 10.1. The molecule has 6 rings (SSSR count). The second-order valence-electron chi connectivity index (χ2n) is 8.67. The van der Waals surface area contributed by atoms with Crippen LogP contribution in [-0.2, 0) is 16.1 Å². The van der Waals surface area contributed by atoms with E-state index in [1.165, 1.54) is 11.8 Å². The van der Waals surface area contributed by atoms with Crippen LogP contribution < -0.4 is 9.47 Å². The summed E-state index contributed by atoms with van der Waals surface area (Å²) < 4.78 is 19.2. The van der Waals surface area contributed by atoms with Gasteiger partial charge in [-0.15, -0.1) is 11.3 Å². The molecule has 7 nitrogen and oxygen atoms in total. The van der Waals surface area contributed by atoms with E-state index in [1.807, 2.05) is 47.4 Å². The van der Waals surface area contributed by atoms with Gasteiger partial charge >= 0.3 is 0 Å². The number of para-hydroxylation sites is 1. The molecule has 2 aromatic carbocycles. The number of thiazole rings is 1. The molecule has 184 valence electrons. The molecule has 0 saturated carbocycles. The van der Waals surface area contributed by atoms with Gasteiger partial charge < -0.3 is 19.1 Å². The fraction of sp³-hybridized carbons (Fsp3) is 0.296. The summed E-state index contributed by atoms with van der Waals surface area (Å²) in [6.07, 6.45) is 2.57. The molecule has 1 atom stereocenters. The molecule has 0 aliphatic carbocycles. The van der Waals surface area contributed by atoms with E-state index in [4.69, 9.17) is 19.2 Å². The third-order valence-corrected chi connectivity index (χ3v) is 8.17. The Bertz CT molecular complexity index is 1340. The molecule has 4 heterocycles. The van der Waals surface area contributed by atoms with Gasteiger partial charge in [-0.3, -0.25) is 4.79 Å². The summed E-state index contributed by atoms with van der Waals surface area (Å²) in [5, 5.41) is 1.75. The molecule has 0 radical (unpaired) electrons. The quantitative estimate of drug-likeness (QED) is 0.331. The number of aromatic nitrogens is 2. The Hall–Kier alpha value is -3.14. The number of pyridine rings is 1. The summed E-state index contributed by atoms with van der Waals surface area (Å²) in [6, 6.07) is 17.9. The molecule has 1 fully saturated rings. The molecule has 0 bridgehead atoms. The maximum Gasteiger partial charge on any atom is 0.233 e. The zero-order chi connectivity index (χ0) is 24.3. The first-order chi connectivity index (χ1) is 17.7. The highest BCUT2D eigenvalue weighted by Crippen LogP contribution is 2.41. The Morgan fingerprint density at radius 1 is 1.17 bits per heavy atom. The molecule has 1 saturated heterocycles. The first-order valence-corrected chi connectivity index (χ1v) is 13.7. The van der Waals surface area contributed by atoms with Gasteiger partial charge in [0, 0.05) is 30.3 Å². The van der Waals surface area contributed by atoms with Crippen molar-refractivity contribution in [3.8, 4) is 22.1 Å². The highest BCUT2D eigenvalue weighted by Gasteiger charge is 2.27. The Kier molecular flexibility index (Phi) is 6.76. The van der Waals surface area contributed by atoms with Crippen molar-refractivity contribution < 1.29 is 19.0 Å². The first-order valence-electron chi connectivity index (χ1n) is 11.9. The van der Waals surface area contributed by atoms with Crippen LogP contribution in [-0.4, -0.2) is 59.0 Å². The molecule has 9 heteroatoms. The number of carbonyl (C=O) groups is 1. The van der Waals surface area contributed by atoms with Gasteiger partial charge in [-0.05, 0) is 36.4 Å². The molecule has 1 amide bonds. The molecule has 36 heavy (non-hydrogen) atoms. The molecular formula is C27H25N3O4S2. The normalized spacial score (nSPS) is 17.4. The minimum absolute atomic E-state index is 0.0147. The number of thioether (sulfide) groups is 1. The second-order valence-corrected chi connectivity index (χ2v) is 10.7. The van der Waals surface area contributed by atoms with Gasteiger partial charge in [-0.2, -0.15) is 0 Å². The van der Waals surface area contributed by atoms with E-state index >= 15 is 0 Å². The number of amides is 1. The smallest absolute Gasteiger partial charge is 0.233 e. The number of carbonyl (C=O) groups excluding carboxylic acids is 1. The summed E-state index contributed by atoms with van der Waals surface area (Å²) >= 11 is 3.09. The first kappa shape index (κ1) is 23.3. The number of hydrogen-bond donors (Lipinski definition) is 0. The summed E-state index contributed by atoms with van der Waals surface area (Å²) in [6.45, 7) is 2.63. The van der Waals surface area contributed by atoms with Crippen LogP contribution in [0.3, 0.4) is 0 Å². The Morgan fingerprint density at radius 2 is 2.08 bits per heavy atom. The number of ether oxygens (including phenoxy) is 3. The molecule has 0 unspecified atom stereocenters. The van der Waals surface area contributed by atoms with E-state index in [0.29, 0.717) is 50.2 Å². The molecule has 2 aromatic heterocycles. The van der Waals surface area contributed by atoms with Crippen molar-refractivity contribution in [2.75, 3.05) is 32.1 Å². The number of fused-ring (bicyclic) bond motifs is 2. The van der Waals surface area contributed by atoms with E-state index in [0.717, 1.165) is 37.8 Å². The van der Waals surface area contributed by atoms with Crippen molar-refractivity contribution in [2.24, 2.45) is 0 Å². The Morgan fingerprint density at radius 3 is 2.92 bits per heavy atom. The second kappa shape index (κ2) is 10.5. The predicted octanol–water partition coefficient (Wildman–Crippen LogP) is 5.04. The van der Waals surface area contributed by atoms with Crippen LogP contribution in [0.15, 0.2) is 65.8 Å². The summed E-state index contributed by atoms with van der Waals surface area (Å²) in [4.78, 5) is 24.1. The lowest BCUT2D eigenvalue weighted by Gasteiger charge is -2.20. The van der Waals surface area contributed by atoms with Crippen LogP contribution in [0.5, 0.6) is 11.5 Å². The number of rotatable bonds is 6. The summed E-state index contributed by atoms with van der Waals surface area (Å²) in [5.41, 5.74) is 2.86. The fourth-order valence-corrected chi connectivity index (χ4v) is 6.07. The third kappa shape index (κ3) is 5.04. The van der Waals surface area contributed by atoms with Crippen LogP contribution >= 0.6 is 23.1 Å². The zero-order valence-electron chi connectivity index (χ0n) is 19.6. The van der Waals surface area contributed by atoms with Crippen LogP contribution in [0, 0.1) is 0 Å². The summed E-state index contributed by atoms with van der Waals surface area (Å²) in [5.74, 6) is 1.78. The van der Waals surface area contributed by atoms with Crippen molar-refractivity contribution in [2.45, 2.75) is 24.1 Å². The van der Waals surface area contributed by atoms with E-state index < -0.39 is 0 Å². The lowest BCUT2D eigenvalue weighted by molar-refractivity contribution is -0.129. The maximum absolute atomic E-state index is 13.1. The topological polar surface area (TPSA) is 73.8 Å². The molecule has 0 N–H and O–H groups in total. The fourth-order valence-electron chi connectivity index (χ4n) is 4.35. The average molecular weight is 520 g/mol. The van der Waals surface area contributed by atoms with Crippen LogP contribution in [0.2, 0.25) is 0 Å². The third-order valence-electron chi connectivity index (χ3n) is 6.16. The van der Waals surface area contributed by atoms with Crippen LogP contribution in [0.1, 0.15) is 12.0 Å². The van der Waals surface area contributed by atoms with Gasteiger partial charge in [0.2, 0.25) is 5.91 Å². The predicted molar refractivity (Wildman–Crippen MR) is 141 cm³/mol. The van der Waals surface area contributed by atoms with E-state index in [-0.39, 0.29) is 12.0 Å². The minimum Gasteiger partial charge on any atom is -0.487 e. The minimum atomic E-state index is -0.0147. The zero-order valence-corrected chi connectivity index (χ0v) is 21.2. The highest BCUT2D eigenvalue weighted by molar-refractivity contribution is 7.99. The monoisotopic (exact) mass is 519 g/mol. The van der Waals surface area contributed by atoms with Gasteiger partial charge in [0.1, 0.15) is 17.7 Å². The largest absolute Gasteiger partial charge is 0.487 e. The Labute approximate surface area is 217 Å². The Balaban J connectivity index is 1.31. The van der Waals surface area contributed by atoms with Crippen molar-refractivity contribution in [1.29, 1.82) is 0 Å². The van der Waals surface area contributed by atoms with Crippen molar-refractivity contribution in [1.82, 2.24) is 14.9 Å². The molecule has 4 aromatic rings. The SMILES string of the molecule is O=C(CSc1ccccn1)N1CCOc2c(cc(-c3nc4ccccc4s3)cc2O[C@H]2CCOC2)C1. The van der Waals surface area contributed by atoms with Gasteiger partial charge in [0.05, 0.1) is 40.8 Å². The van der Waals surface area contributed by atoms with Crippen LogP contribution in [0.4, 0.5) is 0 Å². The summed E-state index contributed by atoms with van der Waals surface area (Å²) in [7, 11) is 0. The van der Waals surface area contributed by atoms with Crippen LogP contribution in [0.25, 0.3) is 20.8 Å². The van der Waals surface area contributed by atoms with Gasteiger partial charge in [-0.1, -0.05) is 30.0 Å². The van der Waals surface area contributed by atoms with Gasteiger partial charge in [0.25, 0.3) is 0 Å². The van der Waals surface area contributed by atoms with Crippen molar-refractivity contribution in [3.05, 3.63) is 66.4 Å². The molecular weight excluding hydrogens is 494 g/mol.